The molecule has 0 saturated carbocycles. The second-order valence-corrected chi connectivity index (χ2v) is 6.00. The number of rotatable bonds is 5. The predicted molar refractivity (Wildman–Crippen MR) is 88.3 cm³/mol. The first-order valence-corrected chi connectivity index (χ1v) is 8.12. The molecule has 2 aromatic rings. The van der Waals surface area contributed by atoms with Crippen LogP contribution in [0.1, 0.15) is 25.3 Å². The first-order chi connectivity index (χ1) is 10.4. The molecule has 1 N–H and O–H groups in total. The SMILES string of the molecule is CCN1CCC(CNCc2cccc3cccnc23)CC1. The minimum Gasteiger partial charge on any atom is -0.312 e. The van der Waals surface area contributed by atoms with Crippen molar-refractivity contribution < 1.29 is 0 Å². The topological polar surface area (TPSA) is 28.2 Å². The zero-order valence-electron chi connectivity index (χ0n) is 12.9. The molecule has 0 spiro atoms. The summed E-state index contributed by atoms with van der Waals surface area (Å²) in [6.45, 7) is 8.02. The van der Waals surface area contributed by atoms with Crippen LogP contribution in [0.2, 0.25) is 0 Å². The van der Waals surface area contributed by atoms with E-state index >= 15 is 0 Å². The third-order valence-electron chi connectivity index (χ3n) is 4.62. The largest absolute Gasteiger partial charge is 0.312 e. The van der Waals surface area contributed by atoms with E-state index in [0.717, 1.165) is 24.5 Å². The van der Waals surface area contributed by atoms with E-state index in [1.807, 2.05) is 12.3 Å². The lowest BCUT2D eigenvalue weighted by Gasteiger charge is -2.31. The minimum atomic E-state index is 0.829. The van der Waals surface area contributed by atoms with Gasteiger partial charge >= 0.3 is 0 Å². The van der Waals surface area contributed by atoms with Crippen molar-refractivity contribution in [3.8, 4) is 0 Å². The molecule has 1 fully saturated rings. The first kappa shape index (κ1) is 14.5. The Morgan fingerprint density at radius 2 is 2.00 bits per heavy atom. The fourth-order valence-electron chi connectivity index (χ4n) is 3.23. The molecule has 1 aliphatic rings. The number of hydrogen-bond acceptors (Lipinski definition) is 3. The van der Waals surface area contributed by atoms with Crippen molar-refractivity contribution in [2.24, 2.45) is 5.92 Å². The van der Waals surface area contributed by atoms with Crippen LogP contribution in [0, 0.1) is 5.92 Å². The highest BCUT2D eigenvalue weighted by Crippen LogP contribution is 2.18. The molecule has 0 amide bonds. The van der Waals surface area contributed by atoms with E-state index in [-0.39, 0.29) is 0 Å². The monoisotopic (exact) mass is 283 g/mol. The minimum absolute atomic E-state index is 0.829. The molecule has 0 radical (unpaired) electrons. The Morgan fingerprint density at radius 3 is 2.81 bits per heavy atom. The van der Waals surface area contributed by atoms with Gasteiger partial charge < -0.3 is 10.2 Å². The highest BCUT2D eigenvalue weighted by Gasteiger charge is 2.17. The van der Waals surface area contributed by atoms with E-state index in [0.29, 0.717) is 0 Å². The standard InChI is InChI=1S/C18H25N3/c1-2-21-11-8-15(9-12-21)13-19-14-17-6-3-5-16-7-4-10-20-18(16)17/h3-7,10,15,19H,2,8-9,11-14H2,1H3. The Bertz CT molecular complexity index is 568. The second kappa shape index (κ2) is 7.01. The van der Waals surface area contributed by atoms with Crippen LogP contribution >= 0.6 is 0 Å². The average molecular weight is 283 g/mol. The van der Waals surface area contributed by atoms with Gasteiger partial charge in [0.25, 0.3) is 0 Å². The molecule has 3 heteroatoms. The molecule has 3 rings (SSSR count). The molecule has 1 aromatic carbocycles. The van der Waals surface area contributed by atoms with Crippen molar-refractivity contribution in [1.82, 2.24) is 15.2 Å². The van der Waals surface area contributed by atoms with Crippen LogP contribution in [-0.2, 0) is 6.54 Å². The van der Waals surface area contributed by atoms with Crippen molar-refractivity contribution in [1.29, 1.82) is 0 Å². The average Bonchev–Trinajstić information content (AvgIpc) is 2.56. The van der Waals surface area contributed by atoms with E-state index in [2.05, 4.69) is 46.4 Å². The summed E-state index contributed by atoms with van der Waals surface area (Å²) in [6.07, 6.45) is 4.54. The molecule has 112 valence electrons. The summed E-state index contributed by atoms with van der Waals surface area (Å²) in [5.41, 5.74) is 2.44. The van der Waals surface area contributed by atoms with E-state index in [1.54, 1.807) is 0 Å². The van der Waals surface area contributed by atoms with Crippen molar-refractivity contribution in [3.05, 3.63) is 42.1 Å². The Morgan fingerprint density at radius 1 is 1.19 bits per heavy atom. The van der Waals surface area contributed by atoms with Gasteiger partial charge in [-0.3, -0.25) is 4.98 Å². The van der Waals surface area contributed by atoms with Gasteiger partial charge in [-0.05, 0) is 56.6 Å². The zero-order chi connectivity index (χ0) is 14.5. The third kappa shape index (κ3) is 3.60. The van der Waals surface area contributed by atoms with Gasteiger partial charge in [0.15, 0.2) is 0 Å². The molecule has 0 unspecified atom stereocenters. The Hall–Kier alpha value is -1.45. The lowest BCUT2D eigenvalue weighted by molar-refractivity contribution is 0.190. The fourth-order valence-corrected chi connectivity index (χ4v) is 3.23. The van der Waals surface area contributed by atoms with Crippen molar-refractivity contribution in [3.63, 3.8) is 0 Å². The summed E-state index contributed by atoms with van der Waals surface area (Å²) in [5.74, 6) is 0.829. The van der Waals surface area contributed by atoms with Crippen molar-refractivity contribution in [2.45, 2.75) is 26.3 Å². The normalized spacial score (nSPS) is 17.4. The fraction of sp³-hybridized carbons (Fsp3) is 0.500. The summed E-state index contributed by atoms with van der Waals surface area (Å²) in [6, 6.07) is 10.6. The summed E-state index contributed by atoms with van der Waals surface area (Å²) in [5, 5.41) is 4.87. The van der Waals surface area contributed by atoms with E-state index < -0.39 is 0 Å². The Kier molecular flexibility index (Phi) is 4.84. The zero-order valence-corrected chi connectivity index (χ0v) is 12.9. The first-order valence-electron chi connectivity index (χ1n) is 8.12. The van der Waals surface area contributed by atoms with Crippen molar-refractivity contribution in [2.75, 3.05) is 26.2 Å². The van der Waals surface area contributed by atoms with Crippen molar-refractivity contribution >= 4 is 10.9 Å². The summed E-state index contributed by atoms with van der Waals surface area (Å²) in [4.78, 5) is 7.07. The highest BCUT2D eigenvalue weighted by atomic mass is 15.1. The number of likely N-dealkylation sites (tertiary alicyclic amines) is 1. The smallest absolute Gasteiger partial charge is 0.0746 e. The predicted octanol–water partition coefficient (Wildman–Crippen LogP) is 3.06. The van der Waals surface area contributed by atoms with E-state index in [4.69, 9.17) is 0 Å². The number of nitrogens with zero attached hydrogens (tertiary/aromatic N) is 2. The van der Waals surface area contributed by atoms with Crippen LogP contribution in [0.3, 0.4) is 0 Å². The van der Waals surface area contributed by atoms with Gasteiger partial charge in [-0.2, -0.15) is 0 Å². The number of nitrogens with one attached hydrogen (secondary N) is 1. The maximum atomic E-state index is 4.52. The lowest BCUT2D eigenvalue weighted by atomic mass is 9.97. The van der Waals surface area contributed by atoms with Crippen LogP contribution in [-0.4, -0.2) is 36.1 Å². The van der Waals surface area contributed by atoms with Crippen LogP contribution in [0.4, 0.5) is 0 Å². The molecule has 1 aliphatic heterocycles. The van der Waals surface area contributed by atoms with E-state index in [1.165, 1.54) is 43.4 Å². The number of fused-ring (bicyclic) bond motifs is 1. The number of benzene rings is 1. The molecule has 0 atom stereocenters. The Labute approximate surface area is 127 Å². The Balaban J connectivity index is 1.53. The molecular formula is C18H25N3. The van der Waals surface area contributed by atoms with Gasteiger partial charge in [0.2, 0.25) is 0 Å². The van der Waals surface area contributed by atoms with E-state index in [9.17, 15) is 0 Å². The van der Waals surface area contributed by atoms with Gasteiger partial charge in [0.05, 0.1) is 5.52 Å². The molecule has 0 bridgehead atoms. The second-order valence-electron chi connectivity index (χ2n) is 6.00. The number of aromatic nitrogens is 1. The third-order valence-corrected chi connectivity index (χ3v) is 4.62. The van der Waals surface area contributed by atoms with Crippen LogP contribution in [0.5, 0.6) is 0 Å². The van der Waals surface area contributed by atoms with Gasteiger partial charge in [0.1, 0.15) is 0 Å². The molecule has 1 aromatic heterocycles. The van der Waals surface area contributed by atoms with Crippen LogP contribution < -0.4 is 5.32 Å². The summed E-state index contributed by atoms with van der Waals surface area (Å²) >= 11 is 0. The van der Waals surface area contributed by atoms with Crippen LogP contribution in [0.15, 0.2) is 36.5 Å². The van der Waals surface area contributed by atoms with Gasteiger partial charge in [-0.1, -0.05) is 31.2 Å². The number of pyridine rings is 1. The highest BCUT2D eigenvalue weighted by molar-refractivity contribution is 5.81. The molecule has 1 saturated heterocycles. The molecule has 21 heavy (non-hydrogen) atoms. The number of hydrogen-bond donors (Lipinski definition) is 1. The quantitative estimate of drug-likeness (QED) is 0.914. The molecular weight excluding hydrogens is 258 g/mol. The van der Waals surface area contributed by atoms with Gasteiger partial charge in [0, 0.05) is 18.1 Å². The molecule has 0 aliphatic carbocycles. The number of piperidine rings is 1. The number of para-hydroxylation sites is 1. The summed E-state index contributed by atoms with van der Waals surface area (Å²) in [7, 11) is 0. The maximum Gasteiger partial charge on any atom is 0.0746 e. The summed E-state index contributed by atoms with van der Waals surface area (Å²) < 4.78 is 0. The molecule has 3 nitrogen and oxygen atoms in total. The van der Waals surface area contributed by atoms with Gasteiger partial charge in [-0.25, -0.2) is 0 Å². The lowest BCUT2D eigenvalue weighted by Crippen LogP contribution is -2.36. The van der Waals surface area contributed by atoms with Gasteiger partial charge in [-0.15, -0.1) is 0 Å². The van der Waals surface area contributed by atoms with Crippen LogP contribution in [0.25, 0.3) is 10.9 Å². The maximum absolute atomic E-state index is 4.52. The molecule has 2 heterocycles.